The summed E-state index contributed by atoms with van der Waals surface area (Å²) >= 11 is 0.555. The summed E-state index contributed by atoms with van der Waals surface area (Å²) in [7, 11) is 0. The summed E-state index contributed by atoms with van der Waals surface area (Å²) in [5, 5.41) is 222. The first kappa shape index (κ1) is 107. The van der Waals surface area contributed by atoms with Crippen LogP contribution >= 0.6 is 11.8 Å². The van der Waals surface area contributed by atoms with Gasteiger partial charge in [0.25, 0.3) is 11.5 Å². The average Bonchev–Trinajstić information content (AvgIpc) is 1.36. The normalized spacial score (nSPS) is 17.2. The molecule has 3 heterocycles. The van der Waals surface area contributed by atoms with Gasteiger partial charge in [-0.1, -0.05) is 0 Å². The number of aromatic nitrogens is 4. The smallest absolute Gasteiger partial charge is 0.327 e. The minimum absolute atomic E-state index is 0.00987. The number of H-pyrrole nitrogens is 1. The molecule has 0 radical (unpaired) electrons. The number of aliphatic carboxylic acids is 4. The monoisotopic (exact) mass is 1820 g/mol. The van der Waals surface area contributed by atoms with E-state index in [4.69, 9.17) is 5.73 Å². The number of anilines is 2. The van der Waals surface area contributed by atoms with Crippen LogP contribution in [-0.4, -0.2) is 401 Å². The topological polar surface area (TPSA) is 911 Å². The Bertz CT molecular complexity index is 4290. The van der Waals surface area contributed by atoms with E-state index in [-0.39, 0.29) is 34.9 Å². The lowest BCUT2D eigenvalue weighted by Gasteiger charge is -2.28. The molecule has 1 aromatic carbocycles. The zero-order valence-electron chi connectivity index (χ0n) is 66.9. The van der Waals surface area contributed by atoms with Gasteiger partial charge in [-0.2, -0.15) is 4.98 Å². The molecular weight excluding hydrogens is 1710 g/mol. The van der Waals surface area contributed by atoms with E-state index in [1.807, 2.05) is 0 Å². The molecule has 0 aliphatic carbocycles. The lowest BCUT2D eigenvalue weighted by Crippen LogP contribution is -2.60. The standard InChI is InChI=1S/C71H105N17O37S/c72-71-86-60-53(67(120)87-71)78-31(21-77-60)20-73-30-3-1-29(2-4-30)61(114)84-37(69(122)123)8-14-49(102)79-32(5-11-46(99)74-22-39(93)54(108)57(111)42(96)25-90)62(115)82-35(9-15-51(104)105)64(117)80-33(6-12-47(100)75-23-40(94)55(109)58(112)43(97)26-91)63(116)83-36(10-16-52(106)107)65(118)81-34(7-13-48(101)76-24-41(95)56(110)59(113)44(98)27-92)66(119)85-38(70(124)125)28-126-45-19-50(103)88(17-18-89)68(45)121/h1-4,21,32-45,54-59,73,89-98,108-113H,5-20,22-28H2,(H,74,99)(H,75,100)(H,76,101)(H,79,102)(H,80,117)(H,81,118)(H,82,115)(H,83,116)(H,84,114)(H,85,119)(H,104,105)(H,106,107)(H,122,123)(H,124,125)(H3,72,77,86,87,120)/t32-,33-,34-,35+,36+,37-,38+,39-,40-,41-,42+,43+,44+,45?,54+,55+,56+,57+,58+,59+/m0/s1. The summed E-state index contributed by atoms with van der Waals surface area (Å²) in [6, 6.07) is -9.67. The van der Waals surface area contributed by atoms with E-state index in [0.29, 0.717) is 22.3 Å². The number of rotatable bonds is 59. The third kappa shape index (κ3) is 35.1. The fourth-order valence-electron chi connectivity index (χ4n) is 11.6. The average molecular weight is 1820 g/mol. The molecule has 702 valence electrons. The number of carboxylic acids is 4. The number of carbonyl (C=O) groups is 16. The number of β-amino-alcohol motifs (C(OH)–C–C–N with tert-alkyl or cyclic N) is 1. The van der Waals surface area contributed by atoms with Crippen LogP contribution in [0.15, 0.2) is 35.3 Å². The fourth-order valence-corrected chi connectivity index (χ4v) is 12.8. The molecule has 12 amide bonds. The number of carboxylic acid groups (broad SMARTS) is 4. The number of amides is 12. The number of carbonyl (C=O) groups excluding carboxylic acids is 12. The predicted octanol–water partition coefficient (Wildman–Crippen LogP) is -15.6. The van der Waals surface area contributed by atoms with Gasteiger partial charge in [-0.05, 0) is 62.8 Å². The third-order valence-electron chi connectivity index (χ3n) is 18.9. The lowest BCUT2D eigenvalue weighted by atomic mass is 10.0. The summed E-state index contributed by atoms with van der Waals surface area (Å²) in [6.07, 6.45) is -36.2. The maximum Gasteiger partial charge on any atom is 0.327 e. The van der Waals surface area contributed by atoms with Crippen LogP contribution in [-0.2, 0) is 78.5 Å². The summed E-state index contributed by atoms with van der Waals surface area (Å²) in [5.74, 6) is -22.9. The van der Waals surface area contributed by atoms with Crippen molar-refractivity contribution in [2.75, 3.05) is 69.4 Å². The van der Waals surface area contributed by atoms with Crippen LogP contribution in [0.2, 0.25) is 0 Å². The van der Waals surface area contributed by atoms with Crippen molar-refractivity contribution >= 4 is 129 Å². The van der Waals surface area contributed by atoms with Crippen LogP contribution in [0.25, 0.3) is 11.2 Å². The Kier molecular flexibility index (Phi) is 45.0. The number of imide groups is 1. The van der Waals surface area contributed by atoms with Gasteiger partial charge in [0.05, 0.1) is 75.0 Å². The summed E-state index contributed by atoms with van der Waals surface area (Å²) in [5.41, 5.74) is 5.30. The number of nitrogens with one attached hydrogen (secondary N) is 12. The highest BCUT2D eigenvalue weighted by atomic mass is 32.2. The van der Waals surface area contributed by atoms with Gasteiger partial charge in [0.2, 0.25) is 70.9 Å². The van der Waals surface area contributed by atoms with Crippen molar-refractivity contribution < 1.29 is 179 Å². The Morgan fingerprint density at radius 3 is 1.21 bits per heavy atom. The highest BCUT2D eigenvalue weighted by Crippen LogP contribution is 2.26. The van der Waals surface area contributed by atoms with Crippen molar-refractivity contribution in [2.24, 2.45) is 0 Å². The molecule has 54 nitrogen and oxygen atoms in total. The molecule has 34 N–H and O–H groups in total. The first-order valence-electron chi connectivity index (χ1n) is 38.6. The van der Waals surface area contributed by atoms with Crippen LogP contribution in [0.5, 0.6) is 0 Å². The number of nitrogen functional groups attached to an aromatic ring is 1. The Labute approximate surface area is 715 Å². The van der Waals surface area contributed by atoms with E-state index < -0.39 is 363 Å². The predicted molar refractivity (Wildman–Crippen MR) is 422 cm³/mol. The van der Waals surface area contributed by atoms with Gasteiger partial charge in [-0.3, -0.25) is 81.8 Å². The van der Waals surface area contributed by atoms with E-state index in [0.717, 1.165) is 0 Å². The number of aliphatic hydroxyl groups is 16. The molecule has 1 unspecified atom stereocenters. The molecule has 126 heavy (non-hydrogen) atoms. The third-order valence-corrected chi connectivity index (χ3v) is 20.2. The largest absolute Gasteiger partial charge is 0.481 e. The van der Waals surface area contributed by atoms with Gasteiger partial charge in [-0.25, -0.2) is 19.6 Å². The molecule has 2 aromatic heterocycles. The van der Waals surface area contributed by atoms with E-state index in [9.17, 15) is 184 Å². The van der Waals surface area contributed by atoms with E-state index in [1.165, 1.54) is 30.5 Å². The van der Waals surface area contributed by atoms with Crippen LogP contribution in [0.1, 0.15) is 99.5 Å². The molecule has 1 aliphatic rings. The van der Waals surface area contributed by atoms with Crippen molar-refractivity contribution in [3.8, 4) is 0 Å². The van der Waals surface area contributed by atoms with E-state index >= 15 is 0 Å². The number of aliphatic hydroxyl groups excluding tert-OH is 16. The van der Waals surface area contributed by atoms with Crippen molar-refractivity contribution in [3.63, 3.8) is 0 Å². The minimum atomic E-state index is -2.31. The van der Waals surface area contributed by atoms with Crippen LogP contribution in [0.4, 0.5) is 11.6 Å². The number of likely N-dealkylation sites (tertiary alicyclic amines) is 1. The maximum absolute atomic E-state index is 14.8. The molecule has 0 bridgehead atoms. The zero-order chi connectivity index (χ0) is 94.5. The highest BCUT2D eigenvalue weighted by Gasteiger charge is 2.42. The van der Waals surface area contributed by atoms with Crippen molar-refractivity contribution in [1.82, 2.24) is 78.0 Å². The molecular formula is C71H105N17O37S. The first-order chi connectivity index (χ1) is 59.3. The molecule has 0 spiro atoms. The Morgan fingerprint density at radius 2 is 0.825 bits per heavy atom. The molecule has 1 fully saturated rings. The second-order valence-corrected chi connectivity index (χ2v) is 29.7. The molecule has 0 saturated carbocycles. The van der Waals surface area contributed by atoms with Gasteiger partial charge < -0.3 is 166 Å². The quantitative estimate of drug-likeness (QED) is 0.0233. The molecule has 4 rings (SSSR count). The number of thioether (sulfide) groups is 1. The number of nitrogens with zero attached hydrogens (tertiary/aromatic N) is 4. The van der Waals surface area contributed by atoms with Crippen molar-refractivity contribution in [2.45, 2.75) is 211 Å². The summed E-state index contributed by atoms with van der Waals surface area (Å²) < 4.78 is 0. The van der Waals surface area contributed by atoms with Gasteiger partial charge in [0.15, 0.2) is 11.2 Å². The lowest BCUT2D eigenvalue weighted by molar-refractivity contribution is -0.142. The summed E-state index contributed by atoms with van der Waals surface area (Å²) in [6.45, 7) is -7.22. The van der Waals surface area contributed by atoms with Crippen molar-refractivity contribution in [3.05, 3.63) is 52.1 Å². The number of nitrogens with two attached hydrogens (primary N) is 1. The Balaban J connectivity index is 1.72. The van der Waals surface area contributed by atoms with Crippen molar-refractivity contribution in [1.29, 1.82) is 0 Å². The molecule has 55 heteroatoms. The molecule has 20 atom stereocenters. The van der Waals surface area contributed by atoms with Gasteiger partial charge in [0.1, 0.15) is 97.2 Å². The van der Waals surface area contributed by atoms with Crippen LogP contribution in [0, 0.1) is 0 Å². The second-order valence-electron chi connectivity index (χ2n) is 28.5. The summed E-state index contributed by atoms with van der Waals surface area (Å²) in [4.78, 5) is 243. The zero-order valence-corrected chi connectivity index (χ0v) is 67.7. The Hall–Kier alpha value is -11.5. The minimum Gasteiger partial charge on any atom is -0.481 e. The number of aromatic amines is 1. The SMILES string of the molecule is Nc1nc2ncc(CNc3ccc(C(=O)N[C@@H](CCC(=O)N[C@@H](CCC(=O)NC[C@H](O)[C@@H](O)[C@H](O)[C@H](O)CO)C(=O)N[C@H](CCC(=O)O)C(=O)N[C@@H](CCC(=O)NC[C@H](O)[C@@H](O)[C@H](O)[C@H](O)CO)C(=O)N[C@H](CCC(=O)O)C(=O)N[C@@H](CCC(=O)NC[C@H](O)[C@@H](O)[C@H](O)[C@H](O)CO)C(=O)N[C@H](CSC4CC(=O)N(CCO)C4=O)C(=O)O)C(=O)O)cc3)nc2c(=O)[nH]1. The Morgan fingerprint density at radius 1 is 0.460 bits per heavy atom. The molecule has 1 saturated heterocycles. The van der Waals surface area contributed by atoms with Crippen LogP contribution < -0.4 is 69.8 Å². The molecule has 1 aliphatic heterocycles. The number of hydrogen-bond acceptors (Lipinski definition) is 39. The second kappa shape index (κ2) is 53.1. The first-order valence-corrected chi connectivity index (χ1v) is 39.6. The van der Waals surface area contributed by atoms with Crippen LogP contribution in [0.3, 0.4) is 0 Å². The van der Waals surface area contributed by atoms with E-state index in [1.54, 1.807) is 0 Å². The van der Waals surface area contributed by atoms with Gasteiger partial charge in [0, 0.05) is 81.6 Å². The fraction of sp³-hybridized carbons (Fsp3) is 0.606. The number of fused-ring (bicyclic) bond motifs is 1. The van der Waals surface area contributed by atoms with E-state index in [2.05, 4.69) is 78.4 Å². The highest BCUT2D eigenvalue weighted by molar-refractivity contribution is 8.00. The maximum atomic E-state index is 14.8. The number of benzene rings is 1. The van der Waals surface area contributed by atoms with Gasteiger partial charge >= 0.3 is 23.9 Å². The number of hydrogen-bond donors (Lipinski definition) is 33. The molecule has 3 aromatic rings. The van der Waals surface area contributed by atoms with Gasteiger partial charge in [-0.15, -0.1) is 11.8 Å².